The Kier molecular flexibility index (Phi) is 7.59. The van der Waals surface area contributed by atoms with E-state index in [-0.39, 0.29) is 19.1 Å². The standard InChI is InChI=1S/C16H22N2O5/c1-11(2)14(15(20)22-3)18-13(19)9-17-16(21)23-10-12-7-5-4-6-8-12/h4-8,11,14H,9-10H2,1-3H3,(H,17,21)(H,18,19)/t14-/m0/s1. The van der Waals surface area contributed by atoms with Crippen molar-refractivity contribution in [1.82, 2.24) is 10.6 Å². The number of benzene rings is 1. The smallest absolute Gasteiger partial charge is 0.407 e. The molecule has 0 unspecified atom stereocenters. The van der Waals surface area contributed by atoms with Crippen LogP contribution in [-0.2, 0) is 25.7 Å². The van der Waals surface area contributed by atoms with Gasteiger partial charge in [-0.2, -0.15) is 0 Å². The predicted octanol–water partition coefficient (Wildman–Crippen LogP) is 1.23. The van der Waals surface area contributed by atoms with Crippen LogP contribution in [0.3, 0.4) is 0 Å². The van der Waals surface area contributed by atoms with Crippen LogP contribution in [0.2, 0.25) is 0 Å². The lowest BCUT2D eigenvalue weighted by molar-refractivity contribution is -0.146. The van der Waals surface area contributed by atoms with Gasteiger partial charge in [0, 0.05) is 0 Å². The largest absolute Gasteiger partial charge is 0.467 e. The number of methoxy groups -OCH3 is 1. The summed E-state index contributed by atoms with van der Waals surface area (Å²) in [6, 6.07) is 8.42. The summed E-state index contributed by atoms with van der Waals surface area (Å²) in [6.07, 6.45) is -0.705. The topological polar surface area (TPSA) is 93.7 Å². The van der Waals surface area contributed by atoms with Crippen LogP contribution in [0, 0.1) is 5.92 Å². The van der Waals surface area contributed by atoms with Crippen LogP contribution in [0.5, 0.6) is 0 Å². The van der Waals surface area contributed by atoms with Gasteiger partial charge in [-0.15, -0.1) is 0 Å². The summed E-state index contributed by atoms with van der Waals surface area (Å²) in [6.45, 7) is 3.39. The van der Waals surface area contributed by atoms with Crippen molar-refractivity contribution in [2.24, 2.45) is 5.92 Å². The molecule has 126 valence electrons. The number of carbonyl (C=O) groups is 3. The van der Waals surface area contributed by atoms with E-state index in [1.54, 1.807) is 13.8 Å². The number of hydrogen-bond acceptors (Lipinski definition) is 5. The van der Waals surface area contributed by atoms with Crippen molar-refractivity contribution in [3.05, 3.63) is 35.9 Å². The predicted molar refractivity (Wildman–Crippen MR) is 83.4 cm³/mol. The highest BCUT2D eigenvalue weighted by atomic mass is 16.5. The molecule has 7 heteroatoms. The lowest BCUT2D eigenvalue weighted by Crippen LogP contribution is -2.48. The van der Waals surface area contributed by atoms with Crippen molar-refractivity contribution in [1.29, 1.82) is 0 Å². The molecule has 2 amide bonds. The van der Waals surface area contributed by atoms with Crippen LogP contribution in [0.4, 0.5) is 4.79 Å². The average Bonchev–Trinajstić information content (AvgIpc) is 2.55. The second-order valence-electron chi connectivity index (χ2n) is 5.23. The molecule has 7 nitrogen and oxygen atoms in total. The zero-order valence-corrected chi connectivity index (χ0v) is 13.5. The van der Waals surface area contributed by atoms with Crippen LogP contribution in [0.25, 0.3) is 0 Å². The summed E-state index contributed by atoms with van der Waals surface area (Å²) >= 11 is 0. The van der Waals surface area contributed by atoms with Crippen LogP contribution in [0.15, 0.2) is 30.3 Å². The molecule has 0 aromatic heterocycles. The molecule has 0 aliphatic rings. The van der Waals surface area contributed by atoms with Crippen LogP contribution < -0.4 is 10.6 Å². The van der Waals surface area contributed by atoms with E-state index in [2.05, 4.69) is 15.4 Å². The van der Waals surface area contributed by atoms with Crippen molar-refractivity contribution in [2.75, 3.05) is 13.7 Å². The van der Waals surface area contributed by atoms with E-state index < -0.39 is 24.0 Å². The summed E-state index contributed by atoms with van der Waals surface area (Å²) < 4.78 is 9.60. The minimum Gasteiger partial charge on any atom is -0.467 e. The highest BCUT2D eigenvalue weighted by molar-refractivity contribution is 5.87. The molecule has 0 saturated heterocycles. The molecule has 0 aliphatic carbocycles. The Hall–Kier alpha value is -2.57. The molecule has 23 heavy (non-hydrogen) atoms. The highest BCUT2D eigenvalue weighted by Gasteiger charge is 2.24. The first kappa shape index (κ1) is 18.5. The van der Waals surface area contributed by atoms with Gasteiger partial charge in [-0.05, 0) is 11.5 Å². The number of amides is 2. The fourth-order valence-corrected chi connectivity index (χ4v) is 1.78. The first-order chi connectivity index (χ1) is 10.9. The van der Waals surface area contributed by atoms with Crippen molar-refractivity contribution in [3.63, 3.8) is 0 Å². The Morgan fingerprint density at radius 1 is 1.13 bits per heavy atom. The monoisotopic (exact) mass is 322 g/mol. The summed E-state index contributed by atoms with van der Waals surface area (Å²) in [5, 5.41) is 4.84. The Morgan fingerprint density at radius 3 is 2.35 bits per heavy atom. The molecule has 1 rings (SSSR count). The van der Waals surface area contributed by atoms with E-state index in [0.29, 0.717) is 0 Å². The number of nitrogens with one attached hydrogen (secondary N) is 2. The first-order valence-corrected chi connectivity index (χ1v) is 7.25. The van der Waals surface area contributed by atoms with Gasteiger partial charge in [0.2, 0.25) is 5.91 Å². The minimum absolute atomic E-state index is 0.116. The van der Waals surface area contributed by atoms with E-state index in [4.69, 9.17) is 4.74 Å². The lowest BCUT2D eigenvalue weighted by Gasteiger charge is -2.19. The third-order valence-electron chi connectivity index (χ3n) is 3.04. The maximum Gasteiger partial charge on any atom is 0.407 e. The molecular formula is C16H22N2O5. The van der Waals surface area contributed by atoms with Gasteiger partial charge in [0.05, 0.1) is 7.11 Å². The Morgan fingerprint density at radius 2 is 1.78 bits per heavy atom. The van der Waals surface area contributed by atoms with Gasteiger partial charge >= 0.3 is 12.1 Å². The summed E-state index contributed by atoms with van der Waals surface area (Å²) in [7, 11) is 1.25. The van der Waals surface area contributed by atoms with Crippen molar-refractivity contribution in [2.45, 2.75) is 26.5 Å². The van der Waals surface area contributed by atoms with E-state index in [9.17, 15) is 14.4 Å². The molecule has 0 spiro atoms. The molecule has 1 aromatic carbocycles. The van der Waals surface area contributed by atoms with Crippen molar-refractivity contribution in [3.8, 4) is 0 Å². The molecular weight excluding hydrogens is 300 g/mol. The molecule has 0 saturated carbocycles. The summed E-state index contributed by atoms with van der Waals surface area (Å²) in [5.41, 5.74) is 0.845. The molecule has 0 aliphatic heterocycles. The molecule has 0 radical (unpaired) electrons. The molecule has 1 aromatic rings. The molecule has 0 bridgehead atoms. The van der Waals surface area contributed by atoms with E-state index in [0.717, 1.165) is 5.56 Å². The van der Waals surface area contributed by atoms with E-state index in [1.807, 2.05) is 30.3 Å². The number of rotatable bonds is 7. The number of alkyl carbamates (subject to hydrolysis) is 1. The summed E-state index contributed by atoms with van der Waals surface area (Å²) in [4.78, 5) is 34.8. The van der Waals surface area contributed by atoms with Crippen molar-refractivity contribution >= 4 is 18.0 Å². The highest BCUT2D eigenvalue weighted by Crippen LogP contribution is 2.03. The Labute approximate surface area is 135 Å². The molecule has 0 heterocycles. The Balaban J connectivity index is 2.34. The van der Waals surface area contributed by atoms with Gasteiger partial charge in [-0.3, -0.25) is 4.79 Å². The van der Waals surface area contributed by atoms with E-state index in [1.165, 1.54) is 7.11 Å². The minimum atomic E-state index is -0.755. The maximum atomic E-state index is 11.8. The first-order valence-electron chi connectivity index (χ1n) is 7.25. The molecule has 2 N–H and O–H groups in total. The van der Waals surface area contributed by atoms with Gasteiger partial charge in [0.15, 0.2) is 0 Å². The van der Waals surface area contributed by atoms with Gasteiger partial charge in [0.25, 0.3) is 0 Å². The third kappa shape index (κ3) is 6.82. The molecule has 1 atom stereocenters. The van der Waals surface area contributed by atoms with Crippen LogP contribution in [-0.4, -0.2) is 37.7 Å². The van der Waals surface area contributed by atoms with Crippen LogP contribution in [0.1, 0.15) is 19.4 Å². The number of ether oxygens (including phenoxy) is 2. The average molecular weight is 322 g/mol. The quantitative estimate of drug-likeness (QED) is 0.736. The number of esters is 1. The Bertz CT molecular complexity index is 531. The SMILES string of the molecule is COC(=O)[C@@H](NC(=O)CNC(=O)OCc1ccccc1)C(C)C. The van der Waals surface area contributed by atoms with Crippen LogP contribution >= 0.6 is 0 Å². The van der Waals surface area contributed by atoms with Gasteiger partial charge in [0.1, 0.15) is 19.2 Å². The number of carbonyl (C=O) groups excluding carboxylic acids is 3. The maximum absolute atomic E-state index is 11.8. The zero-order chi connectivity index (χ0) is 17.2. The van der Waals surface area contributed by atoms with Gasteiger partial charge in [-0.25, -0.2) is 9.59 Å². The fourth-order valence-electron chi connectivity index (χ4n) is 1.78. The second-order valence-corrected chi connectivity index (χ2v) is 5.23. The lowest BCUT2D eigenvalue weighted by atomic mass is 10.0. The zero-order valence-electron chi connectivity index (χ0n) is 13.5. The molecule has 0 fully saturated rings. The van der Waals surface area contributed by atoms with Gasteiger partial charge < -0.3 is 20.1 Å². The van der Waals surface area contributed by atoms with E-state index >= 15 is 0 Å². The normalized spacial score (nSPS) is 11.5. The van der Waals surface area contributed by atoms with Crippen molar-refractivity contribution < 1.29 is 23.9 Å². The second kappa shape index (κ2) is 9.45. The summed E-state index contributed by atoms with van der Waals surface area (Å²) in [5.74, 6) is -1.15. The fraction of sp³-hybridized carbons (Fsp3) is 0.438. The number of hydrogen-bond donors (Lipinski definition) is 2. The third-order valence-corrected chi connectivity index (χ3v) is 3.04. The van der Waals surface area contributed by atoms with Gasteiger partial charge in [-0.1, -0.05) is 44.2 Å².